The Labute approximate surface area is 102 Å². The number of nitrogens with one attached hydrogen (secondary N) is 1. The second-order valence-corrected chi connectivity index (χ2v) is 4.03. The largest absolute Gasteiger partial charge is 0.370 e. The molecule has 0 aliphatic rings. The Morgan fingerprint density at radius 1 is 1.41 bits per heavy atom. The molecule has 0 saturated heterocycles. The lowest BCUT2D eigenvalue weighted by atomic mass is 10.3. The van der Waals surface area contributed by atoms with Crippen molar-refractivity contribution in [1.82, 2.24) is 9.97 Å². The predicted octanol–water partition coefficient (Wildman–Crippen LogP) is 2.10. The number of nitrogens with zero attached hydrogens (tertiary/aromatic N) is 3. The highest BCUT2D eigenvalue weighted by Gasteiger charge is 2.04. The summed E-state index contributed by atoms with van der Waals surface area (Å²) in [4.78, 5) is 18.1. The molecule has 6 nitrogen and oxygen atoms in total. The van der Waals surface area contributed by atoms with Gasteiger partial charge in [0.25, 0.3) is 5.69 Å². The van der Waals surface area contributed by atoms with Crippen molar-refractivity contribution >= 4 is 22.8 Å². The third-order valence-electron chi connectivity index (χ3n) is 2.13. The average molecular weight is 250 g/mol. The molecule has 2 heterocycles. The first kappa shape index (κ1) is 11.5. The summed E-state index contributed by atoms with van der Waals surface area (Å²) in [5, 5.41) is 15.5. The lowest BCUT2D eigenvalue weighted by Crippen LogP contribution is -2.06. The van der Waals surface area contributed by atoms with Crippen molar-refractivity contribution < 1.29 is 4.92 Å². The molecular weight excluding hydrogens is 240 g/mol. The molecule has 0 fully saturated rings. The summed E-state index contributed by atoms with van der Waals surface area (Å²) < 4.78 is 0. The number of hydrogen-bond acceptors (Lipinski definition) is 6. The topological polar surface area (TPSA) is 81.0 Å². The van der Waals surface area contributed by atoms with E-state index in [0.717, 1.165) is 12.1 Å². The molecule has 0 aliphatic heterocycles. The minimum atomic E-state index is -0.466. The van der Waals surface area contributed by atoms with Crippen LogP contribution in [0, 0.1) is 10.1 Å². The normalized spacial score (nSPS) is 10.1. The number of hydrogen-bond donors (Lipinski definition) is 1. The minimum Gasteiger partial charge on any atom is -0.370 e. The molecule has 0 spiro atoms. The maximum Gasteiger partial charge on any atom is 0.287 e. The Bertz CT molecular complexity index is 484. The molecule has 0 radical (unpaired) electrons. The Balaban J connectivity index is 1.85. The van der Waals surface area contributed by atoms with Gasteiger partial charge in [-0.15, -0.1) is 11.3 Å². The van der Waals surface area contributed by atoms with Crippen LogP contribution >= 0.6 is 11.3 Å². The summed E-state index contributed by atoms with van der Waals surface area (Å²) in [6.45, 7) is 0.703. The molecule has 0 aliphatic carbocycles. The highest BCUT2D eigenvalue weighted by atomic mass is 32.1. The third-order valence-corrected chi connectivity index (χ3v) is 2.76. The molecule has 0 amide bonds. The molecule has 0 unspecified atom stereocenters. The zero-order valence-corrected chi connectivity index (χ0v) is 9.68. The van der Waals surface area contributed by atoms with Gasteiger partial charge in [0.2, 0.25) is 0 Å². The monoisotopic (exact) mass is 250 g/mol. The number of thiazole rings is 1. The van der Waals surface area contributed by atoms with E-state index in [0.29, 0.717) is 12.4 Å². The first-order valence-corrected chi connectivity index (χ1v) is 5.91. The Hall–Kier alpha value is -2.02. The smallest absolute Gasteiger partial charge is 0.287 e. The van der Waals surface area contributed by atoms with Crippen LogP contribution in [0.2, 0.25) is 0 Å². The van der Waals surface area contributed by atoms with E-state index < -0.39 is 4.92 Å². The second kappa shape index (κ2) is 5.35. The van der Waals surface area contributed by atoms with Gasteiger partial charge in [-0.05, 0) is 6.07 Å². The van der Waals surface area contributed by atoms with Gasteiger partial charge in [0.15, 0.2) is 0 Å². The van der Waals surface area contributed by atoms with Crippen molar-refractivity contribution in [3.05, 3.63) is 45.0 Å². The van der Waals surface area contributed by atoms with E-state index in [1.807, 2.05) is 5.38 Å². The highest BCUT2D eigenvalue weighted by molar-refractivity contribution is 7.07. The molecule has 0 aromatic carbocycles. The fourth-order valence-corrected chi connectivity index (χ4v) is 1.87. The summed E-state index contributed by atoms with van der Waals surface area (Å²) in [6.07, 6.45) is 2.05. The molecule has 17 heavy (non-hydrogen) atoms. The van der Waals surface area contributed by atoms with E-state index in [1.54, 1.807) is 22.9 Å². The van der Waals surface area contributed by atoms with Gasteiger partial charge in [0.05, 0.1) is 16.1 Å². The zero-order valence-electron chi connectivity index (χ0n) is 8.87. The van der Waals surface area contributed by atoms with Crippen molar-refractivity contribution in [2.75, 3.05) is 11.9 Å². The minimum absolute atomic E-state index is 0.00458. The van der Waals surface area contributed by atoms with Gasteiger partial charge in [0, 0.05) is 24.4 Å². The Kier molecular flexibility index (Phi) is 3.61. The maximum atomic E-state index is 10.4. The molecule has 88 valence electrons. The van der Waals surface area contributed by atoms with Crippen molar-refractivity contribution in [2.24, 2.45) is 0 Å². The Morgan fingerprint density at radius 2 is 2.29 bits per heavy atom. The van der Waals surface area contributed by atoms with Crippen LogP contribution in [0.25, 0.3) is 0 Å². The lowest BCUT2D eigenvalue weighted by molar-refractivity contribution is -0.385. The number of rotatable bonds is 5. The van der Waals surface area contributed by atoms with Crippen molar-refractivity contribution in [3.8, 4) is 0 Å². The maximum absolute atomic E-state index is 10.4. The van der Waals surface area contributed by atoms with Gasteiger partial charge in [-0.2, -0.15) is 0 Å². The van der Waals surface area contributed by atoms with Crippen molar-refractivity contribution in [3.63, 3.8) is 0 Å². The number of pyridine rings is 1. The number of nitro groups is 1. The summed E-state index contributed by atoms with van der Waals surface area (Å²) in [7, 11) is 0. The Morgan fingerprint density at radius 3 is 2.88 bits per heavy atom. The van der Waals surface area contributed by atoms with E-state index >= 15 is 0 Å². The number of aromatic nitrogens is 2. The fourth-order valence-electron chi connectivity index (χ4n) is 1.28. The van der Waals surface area contributed by atoms with Crippen LogP contribution in [-0.2, 0) is 6.42 Å². The first-order valence-electron chi connectivity index (χ1n) is 4.97. The van der Waals surface area contributed by atoms with Gasteiger partial charge >= 0.3 is 0 Å². The highest BCUT2D eigenvalue weighted by Crippen LogP contribution is 2.11. The van der Waals surface area contributed by atoms with Crippen LogP contribution in [-0.4, -0.2) is 21.4 Å². The van der Waals surface area contributed by atoms with E-state index in [2.05, 4.69) is 15.3 Å². The van der Waals surface area contributed by atoms with Crippen LogP contribution < -0.4 is 5.32 Å². The fraction of sp³-hybridized carbons (Fsp3) is 0.200. The molecule has 2 rings (SSSR count). The van der Waals surface area contributed by atoms with Gasteiger partial charge in [-0.3, -0.25) is 10.1 Å². The summed E-state index contributed by atoms with van der Waals surface area (Å²) in [5.74, 6) is 0.630. The summed E-state index contributed by atoms with van der Waals surface area (Å²) in [5.41, 5.74) is 2.82. The SMILES string of the molecule is O=[N+]([O-])c1ccc(NCCc2cscn2)nc1. The molecular formula is C10H10N4O2S. The quantitative estimate of drug-likeness (QED) is 0.649. The average Bonchev–Trinajstić information content (AvgIpc) is 2.83. The van der Waals surface area contributed by atoms with E-state index in [-0.39, 0.29) is 5.69 Å². The lowest BCUT2D eigenvalue weighted by Gasteiger charge is -2.03. The molecule has 0 atom stereocenters. The zero-order chi connectivity index (χ0) is 12.1. The summed E-state index contributed by atoms with van der Waals surface area (Å²) in [6, 6.07) is 3.03. The second-order valence-electron chi connectivity index (χ2n) is 3.32. The third kappa shape index (κ3) is 3.22. The predicted molar refractivity (Wildman–Crippen MR) is 65.2 cm³/mol. The van der Waals surface area contributed by atoms with Gasteiger partial charge in [-0.1, -0.05) is 0 Å². The van der Waals surface area contributed by atoms with E-state index in [1.165, 1.54) is 12.3 Å². The van der Waals surface area contributed by atoms with Crippen LogP contribution in [0.15, 0.2) is 29.2 Å². The van der Waals surface area contributed by atoms with Gasteiger partial charge in [0.1, 0.15) is 12.0 Å². The molecule has 0 saturated carbocycles. The standard InChI is InChI=1S/C10H10N4O2S/c15-14(16)9-1-2-10(12-5-9)11-4-3-8-6-17-7-13-8/h1-2,5-7H,3-4H2,(H,11,12). The molecule has 1 N–H and O–H groups in total. The van der Waals surface area contributed by atoms with Crippen LogP contribution in [0.4, 0.5) is 11.5 Å². The van der Waals surface area contributed by atoms with E-state index in [4.69, 9.17) is 0 Å². The summed E-state index contributed by atoms with van der Waals surface area (Å²) >= 11 is 1.56. The van der Waals surface area contributed by atoms with Gasteiger partial charge in [-0.25, -0.2) is 9.97 Å². The molecule has 7 heteroatoms. The molecule has 2 aromatic heterocycles. The van der Waals surface area contributed by atoms with Crippen LogP contribution in [0.3, 0.4) is 0 Å². The van der Waals surface area contributed by atoms with Crippen LogP contribution in [0.1, 0.15) is 5.69 Å². The first-order chi connectivity index (χ1) is 8.25. The van der Waals surface area contributed by atoms with Crippen LogP contribution in [0.5, 0.6) is 0 Å². The molecule has 0 bridgehead atoms. The van der Waals surface area contributed by atoms with Crippen molar-refractivity contribution in [1.29, 1.82) is 0 Å². The molecule has 2 aromatic rings. The van der Waals surface area contributed by atoms with Gasteiger partial charge < -0.3 is 5.32 Å². The van der Waals surface area contributed by atoms with E-state index in [9.17, 15) is 10.1 Å². The van der Waals surface area contributed by atoms with Crippen molar-refractivity contribution in [2.45, 2.75) is 6.42 Å². The number of anilines is 1.